The fourth-order valence-corrected chi connectivity index (χ4v) is 2.89. The predicted octanol–water partition coefficient (Wildman–Crippen LogP) is 1.93. The first-order chi connectivity index (χ1) is 8.28. The maximum Gasteiger partial charge on any atom is 0.0108 e. The highest BCUT2D eigenvalue weighted by molar-refractivity contribution is 5.34. The monoisotopic (exact) mass is 230 g/mol. The molecule has 1 aromatic carbocycles. The number of hydrogen-bond donors (Lipinski definition) is 1. The topological polar surface area (TPSA) is 15.3 Å². The molecule has 0 bridgehead atoms. The molecule has 0 aromatic heterocycles. The van der Waals surface area contributed by atoms with Crippen LogP contribution in [-0.2, 0) is 5.41 Å². The van der Waals surface area contributed by atoms with Crippen LogP contribution in [0.1, 0.15) is 24.0 Å². The van der Waals surface area contributed by atoms with E-state index in [4.69, 9.17) is 0 Å². The second-order valence-electron chi connectivity index (χ2n) is 5.67. The van der Waals surface area contributed by atoms with Gasteiger partial charge in [-0.2, -0.15) is 0 Å². The first-order valence-corrected chi connectivity index (χ1v) is 6.79. The van der Waals surface area contributed by atoms with Gasteiger partial charge in [0.15, 0.2) is 0 Å². The smallest absolute Gasteiger partial charge is 0.0108 e. The van der Waals surface area contributed by atoms with E-state index in [9.17, 15) is 0 Å². The van der Waals surface area contributed by atoms with Crippen LogP contribution in [0.3, 0.4) is 0 Å². The highest BCUT2D eigenvalue weighted by atomic mass is 15.2. The number of rotatable bonds is 3. The van der Waals surface area contributed by atoms with E-state index >= 15 is 0 Å². The van der Waals surface area contributed by atoms with Crippen molar-refractivity contribution in [2.45, 2.75) is 25.2 Å². The maximum absolute atomic E-state index is 3.43. The molecule has 3 rings (SSSR count). The molecule has 0 atom stereocenters. The molecule has 1 aliphatic heterocycles. The van der Waals surface area contributed by atoms with Gasteiger partial charge in [-0.3, -0.25) is 4.90 Å². The molecule has 2 fully saturated rings. The molecule has 1 aliphatic carbocycles. The van der Waals surface area contributed by atoms with Gasteiger partial charge in [0.2, 0.25) is 0 Å². The number of piperazine rings is 1. The van der Waals surface area contributed by atoms with Crippen LogP contribution in [0.5, 0.6) is 0 Å². The summed E-state index contributed by atoms with van der Waals surface area (Å²) in [7, 11) is 0. The van der Waals surface area contributed by atoms with Crippen molar-refractivity contribution in [3.05, 3.63) is 35.4 Å². The molecule has 1 N–H and O–H groups in total. The zero-order valence-corrected chi connectivity index (χ0v) is 10.7. The maximum atomic E-state index is 3.43. The lowest BCUT2D eigenvalue weighted by atomic mass is 9.94. The summed E-state index contributed by atoms with van der Waals surface area (Å²) in [6.45, 7) is 8.17. The number of hydrogen-bond acceptors (Lipinski definition) is 2. The van der Waals surface area contributed by atoms with E-state index in [1.807, 2.05) is 0 Å². The lowest BCUT2D eigenvalue weighted by molar-refractivity contribution is 0.221. The molecule has 92 valence electrons. The van der Waals surface area contributed by atoms with Crippen molar-refractivity contribution in [3.63, 3.8) is 0 Å². The average molecular weight is 230 g/mol. The minimum Gasteiger partial charge on any atom is -0.314 e. The van der Waals surface area contributed by atoms with E-state index in [1.54, 1.807) is 5.56 Å². The third kappa shape index (κ3) is 2.38. The van der Waals surface area contributed by atoms with Crippen LogP contribution >= 0.6 is 0 Å². The molecule has 2 nitrogen and oxygen atoms in total. The van der Waals surface area contributed by atoms with Crippen molar-refractivity contribution in [3.8, 4) is 0 Å². The summed E-state index contributed by atoms with van der Waals surface area (Å²) < 4.78 is 0. The van der Waals surface area contributed by atoms with Gasteiger partial charge in [-0.05, 0) is 25.3 Å². The number of aryl methyl sites for hydroxylation is 1. The predicted molar refractivity (Wildman–Crippen MR) is 71.4 cm³/mol. The molecule has 1 saturated heterocycles. The van der Waals surface area contributed by atoms with Gasteiger partial charge in [0.25, 0.3) is 0 Å². The molecular weight excluding hydrogens is 208 g/mol. The summed E-state index contributed by atoms with van der Waals surface area (Å²) in [5, 5.41) is 3.43. The Morgan fingerprint density at radius 1 is 1.12 bits per heavy atom. The Labute approximate surface area is 104 Å². The van der Waals surface area contributed by atoms with Crippen LogP contribution in [0, 0.1) is 6.92 Å². The first kappa shape index (κ1) is 11.2. The Hall–Kier alpha value is -0.860. The molecular formula is C15H22N2. The molecule has 1 aromatic rings. The summed E-state index contributed by atoms with van der Waals surface area (Å²) in [4.78, 5) is 2.63. The highest BCUT2D eigenvalue weighted by Crippen LogP contribution is 2.48. The molecule has 1 saturated carbocycles. The molecule has 2 aliphatic rings. The van der Waals surface area contributed by atoms with Crippen LogP contribution in [0.4, 0.5) is 0 Å². The summed E-state index contributed by atoms with van der Waals surface area (Å²) in [5.41, 5.74) is 3.42. The van der Waals surface area contributed by atoms with Crippen molar-refractivity contribution < 1.29 is 0 Å². The Bertz CT molecular complexity index is 372. The SMILES string of the molecule is Cc1ccc(C2(CN3CCNCC3)CC2)cc1. The second-order valence-corrected chi connectivity index (χ2v) is 5.67. The minimum absolute atomic E-state index is 0.491. The zero-order chi connectivity index (χ0) is 11.7. The Morgan fingerprint density at radius 3 is 2.35 bits per heavy atom. The second kappa shape index (κ2) is 4.43. The van der Waals surface area contributed by atoms with Gasteiger partial charge < -0.3 is 5.32 Å². The Morgan fingerprint density at radius 2 is 1.76 bits per heavy atom. The highest BCUT2D eigenvalue weighted by Gasteiger charge is 2.45. The number of benzene rings is 1. The van der Waals surface area contributed by atoms with Gasteiger partial charge >= 0.3 is 0 Å². The van der Waals surface area contributed by atoms with Gasteiger partial charge in [0.05, 0.1) is 0 Å². The largest absolute Gasteiger partial charge is 0.314 e. The lowest BCUT2D eigenvalue weighted by Crippen LogP contribution is -2.46. The van der Waals surface area contributed by atoms with E-state index in [-0.39, 0.29) is 0 Å². The van der Waals surface area contributed by atoms with Crippen LogP contribution in [0.25, 0.3) is 0 Å². The van der Waals surface area contributed by atoms with Gasteiger partial charge in [-0.15, -0.1) is 0 Å². The Balaban J connectivity index is 1.70. The lowest BCUT2D eigenvalue weighted by Gasteiger charge is -2.31. The van der Waals surface area contributed by atoms with E-state index in [1.165, 1.54) is 38.0 Å². The van der Waals surface area contributed by atoms with E-state index in [0.717, 1.165) is 13.1 Å². The zero-order valence-electron chi connectivity index (χ0n) is 10.7. The molecule has 0 spiro atoms. The number of nitrogens with one attached hydrogen (secondary N) is 1. The normalized spacial score (nSPS) is 23.6. The third-order valence-corrected chi connectivity index (χ3v) is 4.25. The molecule has 0 radical (unpaired) electrons. The van der Waals surface area contributed by atoms with E-state index in [2.05, 4.69) is 41.4 Å². The quantitative estimate of drug-likeness (QED) is 0.853. The minimum atomic E-state index is 0.491. The standard InChI is InChI=1S/C15H22N2/c1-13-2-4-14(5-3-13)15(6-7-15)12-17-10-8-16-9-11-17/h2-5,16H,6-12H2,1H3. The number of nitrogens with zero attached hydrogens (tertiary/aromatic N) is 1. The van der Waals surface area contributed by atoms with E-state index < -0.39 is 0 Å². The van der Waals surface area contributed by atoms with Crippen molar-refractivity contribution in [1.29, 1.82) is 0 Å². The average Bonchev–Trinajstić information content (AvgIpc) is 3.12. The van der Waals surface area contributed by atoms with Crippen LogP contribution in [-0.4, -0.2) is 37.6 Å². The van der Waals surface area contributed by atoms with Crippen LogP contribution < -0.4 is 5.32 Å². The Kier molecular flexibility index (Phi) is 2.93. The fourth-order valence-electron chi connectivity index (χ4n) is 2.89. The van der Waals surface area contributed by atoms with Gasteiger partial charge in [-0.25, -0.2) is 0 Å². The van der Waals surface area contributed by atoms with Gasteiger partial charge in [0, 0.05) is 38.1 Å². The summed E-state index contributed by atoms with van der Waals surface area (Å²) in [6, 6.07) is 9.19. The van der Waals surface area contributed by atoms with Crippen molar-refractivity contribution >= 4 is 0 Å². The van der Waals surface area contributed by atoms with Gasteiger partial charge in [-0.1, -0.05) is 29.8 Å². The molecule has 17 heavy (non-hydrogen) atoms. The summed E-state index contributed by atoms with van der Waals surface area (Å²) in [5.74, 6) is 0. The van der Waals surface area contributed by atoms with E-state index in [0.29, 0.717) is 5.41 Å². The molecule has 0 unspecified atom stereocenters. The summed E-state index contributed by atoms with van der Waals surface area (Å²) >= 11 is 0. The summed E-state index contributed by atoms with van der Waals surface area (Å²) in [6.07, 6.45) is 2.75. The van der Waals surface area contributed by atoms with Crippen molar-refractivity contribution in [1.82, 2.24) is 10.2 Å². The molecule has 2 heteroatoms. The fraction of sp³-hybridized carbons (Fsp3) is 0.600. The van der Waals surface area contributed by atoms with Crippen LogP contribution in [0.2, 0.25) is 0 Å². The van der Waals surface area contributed by atoms with Crippen molar-refractivity contribution in [2.75, 3.05) is 32.7 Å². The van der Waals surface area contributed by atoms with Crippen LogP contribution in [0.15, 0.2) is 24.3 Å². The first-order valence-electron chi connectivity index (χ1n) is 6.79. The molecule has 0 amide bonds. The molecule has 1 heterocycles. The van der Waals surface area contributed by atoms with Crippen molar-refractivity contribution in [2.24, 2.45) is 0 Å². The van der Waals surface area contributed by atoms with Gasteiger partial charge in [0.1, 0.15) is 0 Å². The third-order valence-electron chi connectivity index (χ3n) is 4.25.